The molecule has 2 aromatic rings. The largest absolute Gasteiger partial charge is 0.476 e. The van der Waals surface area contributed by atoms with Gasteiger partial charge in [-0.25, -0.2) is 8.78 Å². The first-order valence-corrected chi connectivity index (χ1v) is 9.67. The van der Waals surface area contributed by atoms with Crippen molar-refractivity contribution >= 4 is 29.3 Å². The van der Waals surface area contributed by atoms with Gasteiger partial charge in [0, 0.05) is 11.0 Å². The Morgan fingerprint density at radius 2 is 1.86 bits per heavy atom. The fraction of sp³-hybridized carbons (Fsp3) is 0.238. The summed E-state index contributed by atoms with van der Waals surface area (Å²) in [7, 11) is 0. The predicted molar refractivity (Wildman–Crippen MR) is 107 cm³/mol. The number of carbonyl (C=O) groups excluding carboxylic acids is 2. The lowest BCUT2D eigenvalue weighted by Crippen LogP contribution is -2.57. The normalized spacial score (nSPS) is 14.7. The van der Waals surface area contributed by atoms with Crippen molar-refractivity contribution < 1.29 is 23.1 Å². The highest BCUT2D eigenvalue weighted by Gasteiger charge is 2.42. The topological polar surface area (TPSA) is 58.6 Å². The fourth-order valence-corrected chi connectivity index (χ4v) is 3.62. The van der Waals surface area contributed by atoms with Gasteiger partial charge in [0.05, 0.1) is 5.69 Å². The second-order valence-corrected chi connectivity index (χ2v) is 8.03. The second-order valence-electron chi connectivity index (χ2n) is 6.94. The van der Waals surface area contributed by atoms with E-state index in [9.17, 15) is 18.4 Å². The van der Waals surface area contributed by atoms with E-state index in [-0.39, 0.29) is 18.3 Å². The van der Waals surface area contributed by atoms with Gasteiger partial charge in [0.2, 0.25) is 5.91 Å². The maximum Gasteiger partial charge on any atom is 0.267 e. The van der Waals surface area contributed by atoms with Crippen LogP contribution in [-0.4, -0.2) is 29.0 Å². The van der Waals surface area contributed by atoms with E-state index in [1.165, 1.54) is 30.5 Å². The fourth-order valence-electron chi connectivity index (χ4n) is 2.69. The first kappa shape index (κ1) is 20.9. The lowest BCUT2D eigenvalue weighted by atomic mass is 10.0. The Hall–Kier alpha value is -2.87. The molecule has 2 aromatic carbocycles. The number of rotatable bonds is 5. The molecular formula is C21H20F2N2O3S. The van der Waals surface area contributed by atoms with Crippen molar-refractivity contribution in [2.75, 3.05) is 12.0 Å². The van der Waals surface area contributed by atoms with Gasteiger partial charge >= 0.3 is 0 Å². The molecule has 1 heterocycles. The van der Waals surface area contributed by atoms with E-state index < -0.39 is 23.1 Å². The summed E-state index contributed by atoms with van der Waals surface area (Å²) in [6, 6.07) is 12.1. The summed E-state index contributed by atoms with van der Waals surface area (Å²) < 4.78 is 32.9. The maximum absolute atomic E-state index is 13.9. The third-order valence-electron chi connectivity index (χ3n) is 4.54. The molecule has 0 atom stereocenters. The summed E-state index contributed by atoms with van der Waals surface area (Å²) in [6.45, 7) is 4.60. The van der Waals surface area contributed by atoms with Crippen LogP contribution >= 0.6 is 11.8 Å². The van der Waals surface area contributed by atoms with E-state index in [1.807, 2.05) is 30.3 Å². The summed E-state index contributed by atoms with van der Waals surface area (Å²) in [5, 5.41) is 2.36. The van der Waals surface area contributed by atoms with Crippen LogP contribution in [0.4, 0.5) is 14.5 Å². The van der Waals surface area contributed by atoms with Gasteiger partial charge in [0.15, 0.2) is 6.73 Å². The molecule has 2 amide bonds. The molecule has 1 aliphatic rings. The van der Waals surface area contributed by atoms with E-state index in [2.05, 4.69) is 5.32 Å². The molecule has 0 aromatic heterocycles. The first-order valence-electron chi connectivity index (χ1n) is 8.85. The predicted octanol–water partition coefficient (Wildman–Crippen LogP) is 4.52. The Bertz CT molecular complexity index is 977. The van der Waals surface area contributed by atoms with Crippen LogP contribution in [-0.2, 0) is 14.3 Å². The molecule has 1 aliphatic heterocycles. The quantitative estimate of drug-likeness (QED) is 0.776. The van der Waals surface area contributed by atoms with Crippen molar-refractivity contribution in [1.29, 1.82) is 0 Å². The highest BCUT2D eigenvalue weighted by atomic mass is 32.2. The van der Waals surface area contributed by atoms with E-state index in [4.69, 9.17) is 4.74 Å². The first-order chi connectivity index (χ1) is 13.7. The number of hydrogen-bond acceptors (Lipinski definition) is 4. The van der Waals surface area contributed by atoms with Gasteiger partial charge in [-0.05, 0) is 45.0 Å². The summed E-state index contributed by atoms with van der Waals surface area (Å²) in [6.07, 6.45) is 0. The Balaban J connectivity index is 1.82. The Morgan fingerprint density at radius 3 is 2.55 bits per heavy atom. The zero-order valence-corrected chi connectivity index (χ0v) is 17.0. The van der Waals surface area contributed by atoms with Crippen LogP contribution in [0.5, 0.6) is 0 Å². The van der Waals surface area contributed by atoms with Crippen LogP contribution < -0.4 is 5.32 Å². The number of nitrogens with one attached hydrogen (secondary N) is 1. The Kier molecular flexibility index (Phi) is 5.93. The standard InChI is InChI=1S/C21H20F2N2O3S/c1-13-18(29-15-7-5-4-6-8-15)19(26)25(12-28-13)21(2,3)20(27)24-17-11-14(22)9-10-16(17)23/h4-11H,12H2,1-3H3,(H,24,27). The monoisotopic (exact) mass is 418 g/mol. The van der Waals surface area contributed by atoms with Crippen molar-refractivity contribution in [3.05, 3.63) is 70.8 Å². The third-order valence-corrected chi connectivity index (χ3v) is 5.71. The number of allylic oxidation sites excluding steroid dienone is 1. The highest BCUT2D eigenvalue weighted by Crippen LogP contribution is 2.35. The number of amides is 2. The molecule has 5 nitrogen and oxygen atoms in total. The van der Waals surface area contributed by atoms with Crippen LogP contribution in [0, 0.1) is 11.6 Å². The minimum Gasteiger partial charge on any atom is -0.476 e. The van der Waals surface area contributed by atoms with Crippen molar-refractivity contribution in [1.82, 2.24) is 4.90 Å². The average Bonchev–Trinajstić information content (AvgIpc) is 2.68. The maximum atomic E-state index is 13.9. The summed E-state index contributed by atoms with van der Waals surface area (Å²) in [5.74, 6) is -2.03. The van der Waals surface area contributed by atoms with E-state index >= 15 is 0 Å². The molecule has 0 aliphatic carbocycles. The molecule has 0 radical (unpaired) electrons. The number of nitrogens with zero attached hydrogens (tertiary/aromatic N) is 1. The molecule has 8 heteroatoms. The number of halogens is 2. The number of benzene rings is 2. The van der Waals surface area contributed by atoms with Crippen molar-refractivity contribution in [3.8, 4) is 0 Å². The van der Waals surface area contributed by atoms with E-state index in [0.717, 1.165) is 23.1 Å². The molecule has 0 unspecified atom stereocenters. The minimum absolute atomic E-state index is 0.129. The molecule has 0 saturated carbocycles. The lowest BCUT2D eigenvalue weighted by molar-refractivity contribution is -0.148. The molecule has 29 heavy (non-hydrogen) atoms. The summed E-state index contributed by atoms with van der Waals surface area (Å²) in [5.41, 5.74) is -1.67. The number of anilines is 1. The summed E-state index contributed by atoms with van der Waals surface area (Å²) in [4.78, 5) is 28.4. The van der Waals surface area contributed by atoms with Crippen LogP contribution in [0.25, 0.3) is 0 Å². The molecule has 3 rings (SSSR count). The van der Waals surface area contributed by atoms with Crippen LogP contribution in [0.15, 0.2) is 64.1 Å². The SMILES string of the molecule is CC1=C(Sc2ccccc2)C(=O)N(C(C)(C)C(=O)Nc2cc(F)ccc2F)CO1. The molecule has 0 spiro atoms. The Labute approximate surface area is 171 Å². The molecule has 0 bridgehead atoms. The average molecular weight is 418 g/mol. The lowest BCUT2D eigenvalue weighted by Gasteiger charge is -2.39. The van der Waals surface area contributed by atoms with Gasteiger partial charge < -0.3 is 10.1 Å². The molecule has 1 N–H and O–H groups in total. The van der Waals surface area contributed by atoms with Crippen molar-refractivity contribution in [2.45, 2.75) is 31.2 Å². The zero-order chi connectivity index (χ0) is 21.2. The van der Waals surface area contributed by atoms with Crippen LogP contribution in [0.1, 0.15) is 20.8 Å². The number of hydrogen-bond donors (Lipinski definition) is 1. The van der Waals surface area contributed by atoms with Gasteiger partial charge in [-0.3, -0.25) is 14.5 Å². The van der Waals surface area contributed by atoms with E-state index in [1.54, 1.807) is 6.92 Å². The van der Waals surface area contributed by atoms with Crippen LogP contribution in [0.3, 0.4) is 0 Å². The highest BCUT2D eigenvalue weighted by molar-refractivity contribution is 8.04. The van der Waals surface area contributed by atoms with Gasteiger partial charge in [-0.2, -0.15) is 0 Å². The number of ether oxygens (including phenoxy) is 1. The minimum atomic E-state index is -1.38. The smallest absolute Gasteiger partial charge is 0.267 e. The van der Waals surface area contributed by atoms with Crippen LogP contribution in [0.2, 0.25) is 0 Å². The van der Waals surface area contributed by atoms with Gasteiger partial charge in [0.1, 0.15) is 27.8 Å². The van der Waals surface area contributed by atoms with Gasteiger partial charge in [-0.15, -0.1) is 0 Å². The number of thioether (sulfide) groups is 1. The number of carbonyl (C=O) groups is 2. The second kappa shape index (κ2) is 8.24. The molecule has 152 valence electrons. The van der Waals surface area contributed by atoms with E-state index in [0.29, 0.717) is 10.7 Å². The van der Waals surface area contributed by atoms with Gasteiger partial charge in [-0.1, -0.05) is 30.0 Å². The van der Waals surface area contributed by atoms with Crippen molar-refractivity contribution in [3.63, 3.8) is 0 Å². The zero-order valence-electron chi connectivity index (χ0n) is 16.2. The van der Waals surface area contributed by atoms with Crippen molar-refractivity contribution in [2.24, 2.45) is 0 Å². The summed E-state index contributed by atoms with van der Waals surface area (Å²) >= 11 is 1.24. The Morgan fingerprint density at radius 1 is 1.17 bits per heavy atom. The molecule has 0 saturated heterocycles. The molecular weight excluding hydrogens is 398 g/mol. The van der Waals surface area contributed by atoms with Gasteiger partial charge in [0.25, 0.3) is 5.91 Å². The third kappa shape index (κ3) is 4.42. The molecule has 0 fully saturated rings.